The van der Waals surface area contributed by atoms with E-state index in [0.717, 1.165) is 35.6 Å². The van der Waals surface area contributed by atoms with Crippen molar-refractivity contribution in [2.45, 2.75) is 135 Å². The molecule has 0 unspecified atom stereocenters. The predicted molar refractivity (Wildman–Crippen MR) is 327 cm³/mol. The second kappa shape index (κ2) is 25.9. The molecule has 0 bridgehead atoms. The van der Waals surface area contributed by atoms with Crippen molar-refractivity contribution >= 4 is 0 Å². The molecule has 0 radical (unpaired) electrons. The molecule has 396 valence electrons. The quantitative estimate of drug-likeness (QED) is 0.128. The van der Waals surface area contributed by atoms with Crippen LogP contribution in [-0.4, -0.2) is 0 Å². The van der Waals surface area contributed by atoms with Gasteiger partial charge >= 0.3 is 0 Å². The normalized spacial score (nSPS) is 21.5. The fourth-order valence-electron chi connectivity index (χ4n) is 11.6. The van der Waals surface area contributed by atoms with Crippen LogP contribution in [0.1, 0.15) is 164 Å². The number of hydrogen-bond acceptors (Lipinski definition) is 0. The van der Waals surface area contributed by atoms with Gasteiger partial charge < -0.3 is 0 Å². The molecule has 3 nitrogen and oxygen atoms in total. The Kier molecular flexibility index (Phi) is 13.6. The smallest absolute Gasteiger partial charge is 0.200 e. The minimum Gasteiger partial charge on any atom is -0.200 e. The van der Waals surface area contributed by atoms with Crippen LogP contribution in [0.15, 0.2) is 201 Å². The predicted octanol–water partition coefficient (Wildman–Crippen LogP) is 18.6. The lowest BCUT2D eigenvalue weighted by molar-refractivity contribution is -0.660. The maximum Gasteiger partial charge on any atom is 0.212 e. The number of benzene rings is 6. The summed E-state index contributed by atoms with van der Waals surface area (Å²) in [7, 11) is 6.12. The maximum atomic E-state index is 9.02. The molecule has 3 aliphatic carbocycles. The summed E-state index contributed by atoms with van der Waals surface area (Å²) in [6.07, 6.45) is 1.38. The van der Waals surface area contributed by atoms with E-state index in [2.05, 4.69) is 171 Å². The van der Waals surface area contributed by atoms with Crippen molar-refractivity contribution in [3.63, 3.8) is 0 Å². The van der Waals surface area contributed by atoms with Crippen LogP contribution in [-0.2, 0) is 21.1 Å². The van der Waals surface area contributed by atoms with Crippen LogP contribution in [0.4, 0.5) is 0 Å². The zero-order chi connectivity index (χ0) is 64.6. The third-order valence-corrected chi connectivity index (χ3v) is 16.1. The van der Waals surface area contributed by atoms with E-state index in [9.17, 15) is 0 Å². The molecule has 3 aliphatic rings. The van der Waals surface area contributed by atoms with Gasteiger partial charge in [-0.15, -0.1) is 0 Å². The largest absolute Gasteiger partial charge is 0.212 e. The molecule has 3 heteroatoms. The highest BCUT2D eigenvalue weighted by Crippen LogP contribution is 2.37. The van der Waals surface area contributed by atoms with Crippen LogP contribution >= 0.6 is 0 Å². The molecule has 6 aromatic carbocycles. The topological polar surface area (TPSA) is 11.6 Å². The van der Waals surface area contributed by atoms with Crippen LogP contribution in [0, 0.1) is 20.8 Å². The summed E-state index contributed by atoms with van der Waals surface area (Å²) in [5.41, 5.74) is 19.3. The summed E-state index contributed by atoms with van der Waals surface area (Å²) >= 11 is 0. The minimum absolute atomic E-state index is 0.283. The fourth-order valence-corrected chi connectivity index (χ4v) is 11.6. The highest BCUT2D eigenvalue weighted by Gasteiger charge is 2.21. The molecular formula is C75H84N3+3. The van der Waals surface area contributed by atoms with Gasteiger partial charge in [0.15, 0.2) is 18.6 Å². The average Bonchev–Trinajstić information content (AvgIpc) is 0.660. The molecule has 0 amide bonds. The van der Waals surface area contributed by atoms with Gasteiger partial charge in [-0.05, 0) is 163 Å². The van der Waals surface area contributed by atoms with Gasteiger partial charge in [0.2, 0.25) is 17.1 Å². The van der Waals surface area contributed by atoms with E-state index in [0.29, 0.717) is 11.1 Å². The van der Waals surface area contributed by atoms with Crippen LogP contribution in [0.3, 0.4) is 0 Å². The van der Waals surface area contributed by atoms with Gasteiger partial charge in [0, 0.05) is 68.0 Å². The lowest BCUT2D eigenvalue weighted by Crippen LogP contribution is -2.30. The number of aromatic nitrogens is 3. The van der Waals surface area contributed by atoms with E-state index in [-0.39, 0.29) is 11.5 Å². The second-order valence-corrected chi connectivity index (χ2v) is 21.5. The SMILES string of the molecule is Cc1ccccc1-c1ccc(-c2ccc(C3CCCCC3)cc2)c[n+]1C.[2H]C1([2H])C([2H])([2H])C([2H])([2H])C([2H])(c2cccc(-c3ccc(-c4ccccc4C)[n+](C)c3)c2)C([2H])([2H])C1([2H])[2H].[2H]C1(c2ccc(-c3ccc(-c4ccccc4C)[n+](C)c3)cc2)CCCCC1. The Labute approximate surface area is 485 Å². The van der Waals surface area contributed by atoms with E-state index in [1.54, 1.807) is 6.07 Å². The second-order valence-electron chi connectivity index (χ2n) is 21.5. The van der Waals surface area contributed by atoms with E-state index in [1.807, 2.05) is 61.1 Å². The average molecular weight is 1040 g/mol. The summed E-state index contributed by atoms with van der Waals surface area (Å²) in [6.45, 7) is 6.34. The van der Waals surface area contributed by atoms with Crippen molar-refractivity contribution in [3.8, 4) is 67.2 Å². The molecule has 3 aromatic heterocycles. The van der Waals surface area contributed by atoms with Crippen molar-refractivity contribution in [2.24, 2.45) is 21.1 Å². The summed E-state index contributed by atoms with van der Waals surface area (Å²) < 4.78 is 107. The third kappa shape index (κ3) is 13.2. The van der Waals surface area contributed by atoms with E-state index in [4.69, 9.17) is 16.4 Å². The van der Waals surface area contributed by atoms with Crippen molar-refractivity contribution in [1.29, 1.82) is 0 Å². The maximum absolute atomic E-state index is 9.02. The number of nitrogens with zero attached hydrogens (tertiary/aromatic N) is 3. The summed E-state index contributed by atoms with van der Waals surface area (Å²) in [5.74, 6) is -2.72. The number of pyridine rings is 3. The Morgan fingerprint density at radius 1 is 0.346 bits per heavy atom. The molecule has 0 saturated heterocycles. The third-order valence-electron chi connectivity index (χ3n) is 16.1. The molecule has 12 rings (SSSR count). The fraction of sp³-hybridized carbons (Fsp3) is 0.320. The van der Waals surface area contributed by atoms with Gasteiger partial charge in [-0.25, -0.2) is 13.7 Å². The number of hydrogen-bond donors (Lipinski definition) is 0. The van der Waals surface area contributed by atoms with Crippen LogP contribution < -0.4 is 13.7 Å². The first-order valence-electron chi connectivity index (χ1n) is 34.1. The van der Waals surface area contributed by atoms with E-state index in [1.165, 1.54) is 137 Å². The van der Waals surface area contributed by atoms with Gasteiger partial charge in [0.1, 0.15) is 21.1 Å². The Morgan fingerprint density at radius 2 is 0.744 bits per heavy atom. The summed E-state index contributed by atoms with van der Waals surface area (Å²) in [4.78, 5) is 0. The first-order chi connectivity index (χ1) is 42.6. The molecular weight excluding hydrogens is 943 g/mol. The molecule has 78 heavy (non-hydrogen) atoms. The Bertz CT molecular complexity index is 3990. The van der Waals surface area contributed by atoms with E-state index < -0.39 is 37.8 Å². The lowest BCUT2D eigenvalue weighted by atomic mass is 9.83. The standard InChI is InChI=1S/3C25H28N/c1-19-9-6-7-14-24(19)25-16-15-23(18-26(25)2)22-13-8-12-21(17-22)20-10-4-3-5-11-20;2*1-19-8-6-7-11-24(19)25-17-16-23(18-26(25)2)22-14-12-21(13-15-22)20-9-4-3-5-10-20/h6-9,12-18,20H,3-5,10-11H2,1-2H3;2*6-8,11-18,20H,3-5,9-10H2,1-2H3/q3*+1/i3D2,4D2,5D2,10D2,11D2,20D;20D;. The first-order valence-corrected chi connectivity index (χ1v) is 28.1. The van der Waals surface area contributed by atoms with E-state index >= 15 is 0 Å². The molecule has 0 aliphatic heterocycles. The first kappa shape index (κ1) is 40.9. The van der Waals surface area contributed by atoms with Gasteiger partial charge in [-0.1, -0.05) is 185 Å². The molecule has 3 heterocycles. The molecule has 0 N–H and O–H groups in total. The lowest BCUT2D eigenvalue weighted by Gasteiger charge is -2.22. The number of rotatable bonds is 9. The highest BCUT2D eigenvalue weighted by atomic mass is 14.9. The summed E-state index contributed by atoms with van der Waals surface area (Å²) in [5, 5.41) is 0. The molecule has 0 spiro atoms. The van der Waals surface area contributed by atoms with Crippen molar-refractivity contribution in [1.82, 2.24) is 0 Å². The van der Waals surface area contributed by atoms with Gasteiger partial charge in [0.05, 0.1) is 0 Å². The van der Waals surface area contributed by atoms with Crippen molar-refractivity contribution in [2.75, 3.05) is 0 Å². The monoisotopic (exact) mass is 1040 g/mol. The Balaban J connectivity index is 0.000000152. The Morgan fingerprint density at radius 3 is 1.18 bits per heavy atom. The van der Waals surface area contributed by atoms with Crippen LogP contribution in [0.2, 0.25) is 0 Å². The molecule has 9 aromatic rings. The van der Waals surface area contributed by atoms with Crippen LogP contribution in [0.25, 0.3) is 67.2 Å². The molecule has 3 saturated carbocycles. The molecule has 0 atom stereocenters. The zero-order valence-corrected chi connectivity index (χ0v) is 46.5. The summed E-state index contributed by atoms with van der Waals surface area (Å²) in [6, 6.07) is 61.4. The minimum atomic E-state index is -3.55. The van der Waals surface area contributed by atoms with Crippen molar-refractivity contribution < 1.29 is 30.2 Å². The zero-order valence-electron chi connectivity index (χ0n) is 58.5. The van der Waals surface area contributed by atoms with Gasteiger partial charge in [-0.3, -0.25) is 0 Å². The van der Waals surface area contributed by atoms with Gasteiger partial charge in [0.25, 0.3) is 0 Å². The molecule has 3 fully saturated rings. The highest BCUT2D eigenvalue weighted by molar-refractivity contribution is 5.69. The van der Waals surface area contributed by atoms with Crippen LogP contribution in [0.5, 0.6) is 0 Å². The van der Waals surface area contributed by atoms with Gasteiger partial charge in [-0.2, -0.15) is 0 Å². The van der Waals surface area contributed by atoms with Crippen molar-refractivity contribution in [3.05, 3.63) is 234 Å². The Hall–Kier alpha value is -7.23. The number of aryl methyl sites for hydroxylation is 6.